The van der Waals surface area contributed by atoms with Gasteiger partial charge in [-0.2, -0.15) is 0 Å². The van der Waals surface area contributed by atoms with Crippen LogP contribution < -0.4 is 4.74 Å². The molecule has 0 aliphatic carbocycles. The Kier molecular flexibility index (Phi) is 5.03. The quantitative estimate of drug-likeness (QED) is 0.811. The van der Waals surface area contributed by atoms with Crippen LogP contribution in [0.5, 0.6) is 5.75 Å². The molecule has 0 radical (unpaired) electrons. The third-order valence-corrected chi connectivity index (χ3v) is 3.98. The first-order chi connectivity index (χ1) is 10.5. The maximum atomic E-state index is 12.6. The minimum Gasteiger partial charge on any atom is -0.491 e. The van der Waals surface area contributed by atoms with Crippen molar-refractivity contribution < 1.29 is 24.2 Å². The highest BCUT2D eigenvalue weighted by molar-refractivity contribution is 5.98. The molecule has 0 bridgehead atoms. The van der Waals surface area contributed by atoms with Crippen LogP contribution in [0, 0.1) is 0 Å². The zero-order valence-corrected chi connectivity index (χ0v) is 12.9. The largest absolute Gasteiger partial charge is 0.491 e. The summed E-state index contributed by atoms with van der Waals surface area (Å²) < 4.78 is 10.4. The van der Waals surface area contributed by atoms with Crippen LogP contribution in [-0.4, -0.2) is 54.3 Å². The second-order valence-electron chi connectivity index (χ2n) is 5.51. The Morgan fingerprint density at radius 2 is 2.14 bits per heavy atom. The van der Waals surface area contributed by atoms with Gasteiger partial charge in [-0.05, 0) is 38.0 Å². The first kappa shape index (κ1) is 16.3. The highest BCUT2D eigenvalue weighted by atomic mass is 16.5. The molecule has 1 N–H and O–H groups in total. The number of benzene rings is 1. The summed E-state index contributed by atoms with van der Waals surface area (Å²) in [5.74, 6) is -0.676. The second kappa shape index (κ2) is 6.79. The van der Waals surface area contributed by atoms with Crippen LogP contribution in [0.15, 0.2) is 24.3 Å². The number of methoxy groups -OCH3 is 1. The van der Waals surface area contributed by atoms with Crippen molar-refractivity contribution in [2.45, 2.75) is 25.3 Å². The van der Waals surface area contributed by atoms with E-state index < -0.39 is 11.5 Å². The Hall–Kier alpha value is -2.08. The lowest BCUT2D eigenvalue weighted by atomic mass is 9.98. The third kappa shape index (κ3) is 3.22. The number of ether oxygens (including phenoxy) is 2. The summed E-state index contributed by atoms with van der Waals surface area (Å²) in [6.07, 6.45) is 1.16. The molecule has 1 fully saturated rings. The minimum absolute atomic E-state index is 0.278. The Labute approximate surface area is 129 Å². The topological polar surface area (TPSA) is 76.1 Å². The molecule has 1 aliphatic rings. The predicted octanol–water partition coefficient (Wildman–Crippen LogP) is 1.79. The van der Waals surface area contributed by atoms with Crippen molar-refractivity contribution in [2.24, 2.45) is 0 Å². The van der Waals surface area contributed by atoms with Crippen molar-refractivity contribution >= 4 is 11.9 Å². The fourth-order valence-electron chi connectivity index (χ4n) is 2.63. The smallest absolute Gasteiger partial charge is 0.329 e. The van der Waals surface area contributed by atoms with Crippen LogP contribution in [0.3, 0.4) is 0 Å². The molecule has 6 nitrogen and oxygen atoms in total. The summed E-state index contributed by atoms with van der Waals surface area (Å²) in [7, 11) is 1.59. The molecule has 0 aromatic heterocycles. The normalized spacial score (nSPS) is 20.9. The molecular weight excluding hydrogens is 286 g/mol. The van der Waals surface area contributed by atoms with Gasteiger partial charge in [-0.1, -0.05) is 6.07 Å². The van der Waals surface area contributed by atoms with Crippen LogP contribution in [0.2, 0.25) is 0 Å². The Balaban J connectivity index is 2.15. The second-order valence-corrected chi connectivity index (χ2v) is 5.51. The zero-order valence-electron chi connectivity index (χ0n) is 12.9. The van der Waals surface area contributed by atoms with Crippen LogP contribution in [0.25, 0.3) is 0 Å². The average Bonchev–Trinajstić information content (AvgIpc) is 2.90. The molecule has 2 rings (SSSR count). The Bertz CT molecular complexity index is 559. The molecule has 120 valence electrons. The van der Waals surface area contributed by atoms with Crippen molar-refractivity contribution in [3.63, 3.8) is 0 Å². The highest BCUT2D eigenvalue weighted by Crippen LogP contribution is 2.31. The fraction of sp³-hybridized carbons (Fsp3) is 0.500. The number of amides is 1. The van der Waals surface area contributed by atoms with E-state index in [2.05, 4.69) is 0 Å². The van der Waals surface area contributed by atoms with Crippen LogP contribution in [-0.2, 0) is 9.53 Å². The molecule has 1 aliphatic heterocycles. The number of hydrogen-bond acceptors (Lipinski definition) is 4. The lowest BCUT2D eigenvalue weighted by molar-refractivity contribution is -0.147. The standard InChI is InChI=1S/C16H21NO5/c1-16(15(19)20)7-4-8-17(16)14(18)12-5-3-6-13(11-12)22-10-9-21-2/h3,5-6,11H,4,7-10H2,1-2H3,(H,19,20). The minimum atomic E-state index is -1.13. The molecule has 0 spiro atoms. The molecule has 1 aromatic carbocycles. The molecule has 1 aromatic rings. The average molecular weight is 307 g/mol. The van der Waals surface area contributed by atoms with Crippen molar-refractivity contribution in [1.29, 1.82) is 0 Å². The summed E-state index contributed by atoms with van der Waals surface area (Å²) in [5, 5.41) is 9.40. The van der Waals surface area contributed by atoms with Gasteiger partial charge in [0, 0.05) is 19.2 Å². The number of carbonyl (C=O) groups excluding carboxylic acids is 1. The van der Waals surface area contributed by atoms with E-state index in [0.29, 0.717) is 43.9 Å². The van der Waals surface area contributed by atoms with E-state index >= 15 is 0 Å². The number of likely N-dealkylation sites (tertiary alicyclic amines) is 1. The van der Waals surface area contributed by atoms with E-state index in [-0.39, 0.29) is 5.91 Å². The molecular formula is C16H21NO5. The van der Waals surface area contributed by atoms with Gasteiger partial charge in [0.15, 0.2) is 0 Å². The van der Waals surface area contributed by atoms with Gasteiger partial charge < -0.3 is 19.5 Å². The van der Waals surface area contributed by atoms with E-state index in [1.165, 1.54) is 4.90 Å². The van der Waals surface area contributed by atoms with Crippen molar-refractivity contribution in [3.05, 3.63) is 29.8 Å². The summed E-state index contributed by atoms with van der Waals surface area (Å²) in [5.41, 5.74) is -0.700. The summed E-state index contributed by atoms with van der Waals surface area (Å²) >= 11 is 0. The summed E-state index contributed by atoms with van der Waals surface area (Å²) in [6.45, 7) is 2.90. The van der Waals surface area contributed by atoms with E-state index in [9.17, 15) is 14.7 Å². The van der Waals surface area contributed by atoms with E-state index in [1.807, 2.05) is 0 Å². The molecule has 1 atom stereocenters. The Morgan fingerprint density at radius 1 is 1.36 bits per heavy atom. The predicted molar refractivity (Wildman–Crippen MR) is 80.1 cm³/mol. The summed E-state index contributed by atoms with van der Waals surface area (Å²) in [4.78, 5) is 25.5. The summed E-state index contributed by atoms with van der Waals surface area (Å²) in [6, 6.07) is 6.79. The van der Waals surface area contributed by atoms with E-state index in [0.717, 1.165) is 0 Å². The number of carboxylic acid groups (broad SMARTS) is 1. The van der Waals surface area contributed by atoms with Crippen molar-refractivity contribution in [1.82, 2.24) is 4.90 Å². The van der Waals surface area contributed by atoms with E-state index in [4.69, 9.17) is 9.47 Å². The molecule has 0 saturated carbocycles. The maximum Gasteiger partial charge on any atom is 0.329 e. The van der Waals surface area contributed by atoms with Gasteiger partial charge in [-0.3, -0.25) is 4.79 Å². The van der Waals surface area contributed by atoms with Crippen molar-refractivity contribution in [3.8, 4) is 5.75 Å². The van der Waals surface area contributed by atoms with Crippen LogP contribution in [0.1, 0.15) is 30.1 Å². The molecule has 1 amide bonds. The number of rotatable bonds is 6. The SMILES string of the molecule is COCCOc1cccc(C(=O)N2CCCC2(C)C(=O)O)c1. The molecule has 1 heterocycles. The monoisotopic (exact) mass is 307 g/mol. The van der Waals surface area contributed by atoms with Gasteiger partial charge in [-0.15, -0.1) is 0 Å². The molecule has 22 heavy (non-hydrogen) atoms. The van der Waals surface area contributed by atoms with Gasteiger partial charge >= 0.3 is 5.97 Å². The fourth-order valence-corrected chi connectivity index (χ4v) is 2.63. The Morgan fingerprint density at radius 3 is 2.82 bits per heavy atom. The number of carbonyl (C=O) groups is 2. The van der Waals surface area contributed by atoms with Crippen LogP contribution >= 0.6 is 0 Å². The lowest BCUT2D eigenvalue weighted by Gasteiger charge is -2.31. The van der Waals surface area contributed by atoms with Gasteiger partial charge in [0.05, 0.1) is 6.61 Å². The van der Waals surface area contributed by atoms with Gasteiger partial charge in [0.25, 0.3) is 5.91 Å². The third-order valence-electron chi connectivity index (χ3n) is 3.98. The number of carboxylic acids is 1. The first-order valence-electron chi connectivity index (χ1n) is 7.26. The van der Waals surface area contributed by atoms with E-state index in [1.54, 1.807) is 38.3 Å². The van der Waals surface area contributed by atoms with Gasteiger partial charge in [0.1, 0.15) is 17.9 Å². The number of hydrogen-bond donors (Lipinski definition) is 1. The molecule has 1 unspecified atom stereocenters. The van der Waals surface area contributed by atoms with Gasteiger partial charge in [0.2, 0.25) is 0 Å². The highest BCUT2D eigenvalue weighted by Gasteiger charge is 2.46. The molecule has 1 saturated heterocycles. The van der Waals surface area contributed by atoms with Crippen molar-refractivity contribution in [2.75, 3.05) is 26.9 Å². The van der Waals surface area contributed by atoms with Crippen LogP contribution in [0.4, 0.5) is 0 Å². The number of aliphatic carboxylic acids is 1. The number of nitrogens with zero attached hydrogens (tertiary/aromatic N) is 1. The lowest BCUT2D eigenvalue weighted by Crippen LogP contribution is -2.50. The maximum absolute atomic E-state index is 12.6. The molecule has 6 heteroatoms. The van der Waals surface area contributed by atoms with Gasteiger partial charge in [-0.25, -0.2) is 4.79 Å². The first-order valence-corrected chi connectivity index (χ1v) is 7.26. The zero-order chi connectivity index (χ0) is 16.2.